The largest absolute Gasteiger partial charge is 0.481 e. The molecular formula is C14H28O2. The summed E-state index contributed by atoms with van der Waals surface area (Å²) in [6, 6.07) is 0. The fraction of sp³-hybridized carbons (Fsp3) is 0.929. The number of carbonyl (C=O) groups is 1. The number of carboxylic acids is 1. The van der Waals surface area contributed by atoms with Crippen LogP contribution in [0, 0.1) is 5.41 Å². The van der Waals surface area contributed by atoms with Crippen molar-refractivity contribution in [1.29, 1.82) is 0 Å². The first kappa shape index (κ1) is 15.5. The Hall–Kier alpha value is -0.530. The fourth-order valence-electron chi connectivity index (χ4n) is 2.21. The van der Waals surface area contributed by atoms with Gasteiger partial charge in [0.05, 0.1) is 0 Å². The molecule has 0 amide bonds. The average Bonchev–Trinajstić information content (AvgIpc) is 2.15. The molecule has 96 valence electrons. The van der Waals surface area contributed by atoms with Crippen molar-refractivity contribution in [3.63, 3.8) is 0 Å². The zero-order valence-electron chi connectivity index (χ0n) is 11.2. The van der Waals surface area contributed by atoms with Crippen molar-refractivity contribution in [3.8, 4) is 0 Å². The van der Waals surface area contributed by atoms with Crippen molar-refractivity contribution in [2.24, 2.45) is 5.41 Å². The summed E-state index contributed by atoms with van der Waals surface area (Å²) in [5.74, 6) is -0.663. The van der Waals surface area contributed by atoms with Crippen LogP contribution < -0.4 is 0 Å². The van der Waals surface area contributed by atoms with Gasteiger partial charge in [0.2, 0.25) is 0 Å². The van der Waals surface area contributed by atoms with Crippen LogP contribution >= 0.6 is 0 Å². The van der Waals surface area contributed by atoms with Crippen molar-refractivity contribution in [1.82, 2.24) is 0 Å². The van der Waals surface area contributed by atoms with Crippen molar-refractivity contribution >= 4 is 5.97 Å². The summed E-state index contributed by atoms with van der Waals surface area (Å²) in [5.41, 5.74) is 0.496. The van der Waals surface area contributed by atoms with Crippen LogP contribution in [0.2, 0.25) is 0 Å². The zero-order chi connectivity index (χ0) is 12.4. The Labute approximate surface area is 100 Å². The molecular weight excluding hydrogens is 200 g/mol. The number of rotatable bonds is 10. The molecule has 0 bridgehead atoms. The molecule has 0 unspecified atom stereocenters. The van der Waals surface area contributed by atoms with Crippen LogP contribution in [0.5, 0.6) is 0 Å². The molecule has 2 nitrogen and oxygen atoms in total. The average molecular weight is 228 g/mol. The van der Waals surface area contributed by atoms with E-state index in [9.17, 15) is 4.79 Å². The molecule has 16 heavy (non-hydrogen) atoms. The summed E-state index contributed by atoms with van der Waals surface area (Å²) in [5, 5.41) is 8.48. The van der Waals surface area contributed by atoms with Crippen LogP contribution in [0.4, 0.5) is 0 Å². The van der Waals surface area contributed by atoms with E-state index in [2.05, 4.69) is 20.8 Å². The predicted octanol–water partition coefficient (Wildman–Crippen LogP) is 4.63. The number of hydrogen-bond acceptors (Lipinski definition) is 1. The predicted molar refractivity (Wildman–Crippen MR) is 68.6 cm³/mol. The summed E-state index contributed by atoms with van der Waals surface area (Å²) in [6.07, 6.45) is 9.87. The normalized spacial score (nSPS) is 11.7. The van der Waals surface area contributed by atoms with Crippen LogP contribution in [0.25, 0.3) is 0 Å². The van der Waals surface area contributed by atoms with Gasteiger partial charge in [-0.3, -0.25) is 4.79 Å². The molecule has 0 aliphatic heterocycles. The van der Waals surface area contributed by atoms with Gasteiger partial charge < -0.3 is 5.11 Å². The van der Waals surface area contributed by atoms with E-state index in [-0.39, 0.29) is 0 Å². The minimum atomic E-state index is -0.663. The van der Waals surface area contributed by atoms with Gasteiger partial charge in [-0.25, -0.2) is 0 Å². The third-order valence-electron chi connectivity index (χ3n) is 3.17. The van der Waals surface area contributed by atoms with Crippen molar-refractivity contribution in [3.05, 3.63) is 0 Å². The third kappa shape index (κ3) is 10.0. The molecule has 0 aromatic heterocycles. The maximum Gasteiger partial charge on any atom is 0.303 e. The van der Waals surface area contributed by atoms with Crippen LogP contribution in [-0.2, 0) is 4.79 Å². The number of hydrogen-bond donors (Lipinski definition) is 1. The number of aliphatic carboxylic acids is 1. The summed E-state index contributed by atoms with van der Waals surface area (Å²) in [4.78, 5) is 10.3. The molecule has 0 aromatic carbocycles. The summed E-state index contributed by atoms with van der Waals surface area (Å²) >= 11 is 0. The number of unbranched alkanes of at least 4 members (excludes halogenated alkanes) is 4. The summed E-state index contributed by atoms with van der Waals surface area (Å²) in [6.45, 7) is 6.94. The monoisotopic (exact) mass is 228 g/mol. The quantitative estimate of drug-likeness (QED) is 0.554. The van der Waals surface area contributed by atoms with E-state index < -0.39 is 5.97 Å². The van der Waals surface area contributed by atoms with Crippen molar-refractivity contribution < 1.29 is 9.90 Å². The molecule has 0 heterocycles. The first-order valence-electron chi connectivity index (χ1n) is 6.70. The lowest BCUT2D eigenvalue weighted by molar-refractivity contribution is -0.137. The van der Waals surface area contributed by atoms with Gasteiger partial charge >= 0.3 is 5.97 Å². The van der Waals surface area contributed by atoms with Crippen LogP contribution in [0.3, 0.4) is 0 Å². The molecule has 0 rings (SSSR count). The molecule has 0 atom stereocenters. The Balaban J connectivity index is 3.29. The molecule has 0 saturated heterocycles. The van der Waals surface area contributed by atoms with E-state index in [1.165, 1.54) is 38.5 Å². The minimum Gasteiger partial charge on any atom is -0.481 e. The highest BCUT2D eigenvalue weighted by Gasteiger charge is 2.15. The van der Waals surface area contributed by atoms with Gasteiger partial charge in [0.25, 0.3) is 0 Å². The molecule has 0 aliphatic rings. The van der Waals surface area contributed by atoms with Crippen LogP contribution in [0.1, 0.15) is 78.6 Å². The van der Waals surface area contributed by atoms with Crippen LogP contribution in [0.15, 0.2) is 0 Å². The highest BCUT2D eigenvalue weighted by molar-refractivity contribution is 5.66. The highest BCUT2D eigenvalue weighted by Crippen LogP contribution is 2.29. The lowest BCUT2D eigenvalue weighted by Crippen LogP contribution is -2.10. The summed E-state index contributed by atoms with van der Waals surface area (Å²) in [7, 11) is 0. The maximum atomic E-state index is 10.3. The Morgan fingerprint density at radius 2 is 1.56 bits per heavy atom. The minimum absolute atomic E-state index is 0.335. The van der Waals surface area contributed by atoms with Gasteiger partial charge in [0.15, 0.2) is 0 Å². The number of carboxylic acid groups (broad SMARTS) is 1. The first-order valence-corrected chi connectivity index (χ1v) is 6.70. The second-order valence-electron chi connectivity index (χ2n) is 5.58. The van der Waals surface area contributed by atoms with E-state index >= 15 is 0 Å². The maximum absolute atomic E-state index is 10.3. The second-order valence-corrected chi connectivity index (χ2v) is 5.58. The lowest BCUT2D eigenvalue weighted by atomic mass is 9.83. The van der Waals surface area contributed by atoms with E-state index in [0.29, 0.717) is 11.8 Å². The topological polar surface area (TPSA) is 37.3 Å². The van der Waals surface area contributed by atoms with Gasteiger partial charge in [0.1, 0.15) is 0 Å². The van der Waals surface area contributed by atoms with Crippen molar-refractivity contribution in [2.45, 2.75) is 78.6 Å². The van der Waals surface area contributed by atoms with Gasteiger partial charge in [-0.2, -0.15) is 0 Å². The SMILES string of the molecule is CCCC(C)(C)CCCCCCCC(=O)O. The van der Waals surface area contributed by atoms with E-state index in [1.807, 2.05) is 0 Å². The molecule has 0 fully saturated rings. The molecule has 0 radical (unpaired) electrons. The van der Waals surface area contributed by atoms with E-state index in [0.717, 1.165) is 12.8 Å². The Bertz CT molecular complexity index is 185. The van der Waals surface area contributed by atoms with E-state index in [1.54, 1.807) is 0 Å². The first-order chi connectivity index (χ1) is 7.48. The molecule has 1 N–H and O–H groups in total. The van der Waals surface area contributed by atoms with Gasteiger partial charge in [-0.05, 0) is 24.7 Å². The Morgan fingerprint density at radius 3 is 2.12 bits per heavy atom. The standard InChI is InChI=1S/C14H28O2/c1-4-11-14(2,3)12-9-7-5-6-8-10-13(15)16/h4-12H2,1-3H3,(H,15,16). The Morgan fingerprint density at radius 1 is 1.00 bits per heavy atom. The molecule has 0 saturated carbocycles. The Kier molecular flexibility index (Phi) is 8.32. The van der Waals surface area contributed by atoms with Gasteiger partial charge in [0, 0.05) is 6.42 Å². The zero-order valence-corrected chi connectivity index (χ0v) is 11.2. The summed E-state index contributed by atoms with van der Waals surface area (Å²) < 4.78 is 0. The molecule has 0 aliphatic carbocycles. The smallest absolute Gasteiger partial charge is 0.303 e. The molecule has 0 spiro atoms. The van der Waals surface area contributed by atoms with Gasteiger partial charge in [-0.15, -0.1) is 0 Å². The molecule has 0 aromatic rings. The second kappa shape index (κ2) is 8.60. The van der Waals surface area contributed by atoms with Gasteiger partial charge in [-0.1, -0.05) is 52.9 Å². The molecule has 2 heteroatoms. The highest BCUT2D eigenvalue weighted by atomic mass is 16.4. The van der Waals surface area contributed by atoms with E-state index in [4.69, 9.17) is 5.11 Å². The third-order valence-corrected chi connectivity index (χ3v) is 3.17. The lowest BCUT2D eigenvalue weighted by Gasteiger charge is -2.23. The van der Waals surface area contributed by atoms with Crippen LogP contribution in [-0.4, -0.2) is 11.1 Å². The fourth-order valence-corrected chi connectivity index (χ4v) is 2.21. The van der Waals surface area contributed by atoms with Crippen molar-refractivity contribution in [2.75, 3.05) is 0 Å².